The highest BCUT2D eigenvalue weighted by atomic mass is 19.2. The number of carbonyl (C=O) groups is 2. The summed E-state index contributed by atoms with van der Waals surface area (Å²) in [5.41, 5.74) is 1.03. The van der Waals surface area contributed by atoms with E-state index in [1.54, 1.807) is 26.0 Å². The van der Waals surface area contributed by atoms with Crippen molar-refractivity contribution in [3.63, 3.8) is 0 Å². The lowest BCUT2D eigenvalue weighted by Crippen LogP contribution is -2.48. The number of halogens is 2. The summed E-state index contributed by atoms with van der Waals surface area (Å²) in [7, 11) is 0. The first kappa shape index (κ1) is 20.5. The fourth-order valence-electron chi connectivity index (χ4n) is 3.03. The Morgan fingerprint density at radius 3 is 2.76 bits per heavy atom. The van der Waals surface area contributed by atoms with Gasteiger partial charge in [0.1, 0.15) is 11.8 Å². The van der Waals surface area contributed by atoms with Crippen molar-refractivity contribution < 1.29 is 27.5 Å². The van der Waals surface area contributed by atoms with Gasteiger partial charge in [-0.05, 0) is 43.7 Å². The normalized spacial score (nSPS) is 17.5. The molecule has 3 N–H and O–H groups in total. The van der Waals surface area contributed by atoms with Crippen molar-refractivity contribution in [2.45, 2.75) is 25.9 Å². The van der Waals surface area contributed by atoms with Crippen LogP contribution < -0.4 is 16.0 Å². The summed E-state index contributed by atoms with van der Waals surface area (Å²) >= 11 is 0. The lowest BCUT2D eigenvalue weighted by atomic mass is 9.99. The fourth-order valence-corrected chi connectivity index (χ4v) is 3.03. The minimum absolute atomic E-state index is 0.0823. The van der Waals surface area contributed by atoms with Crippen molar-refractivity contribution in [2.75, 3.05) is 13.2 Å². The molecule has 2 atom stereocenters. The van der Waals surface area contributed by atoms with E-state index < -0.39 is 29.7 Å². The molecule has 2 heterocycles. The lowest BCUT2D eigenvalue weighted by Gasteiger charge is -2.28. The molecule has 3 rings (SSSR count). The van der Waals surface area contributed by atoms with Gasteiger partial charge in [0.15, 0.2) is 11.6 Å². The number of rotatable bonds is 7. The molecule has 0 saturated carbocycles. The van der Waals surface area contributed by atoms with E-state index in [1.165, 1.54) is 12.3 Å². The van der Waals surface area contributed by atoms with E-state index in [4.69, 9.17) is 9.15 Å². The molecule has 154 valence electrons. The Kier molecular flexibility index (Phi) is 6.28. The monoisotopic (exact) mass is 405 g/mol. The van der Waals surface area contributed by atoms with Crippen LogP contribution in [-0.4, -0.2) is 25.2 Å². The van der Waals surface area contributed by atoms with Gasteiger partial charge >= 0.3 is 12.0 Å². The van der Waals surface area contributed by atoms with Crippen molar-refractivity contribution in [1.29, 1.82) is 0 Å². The van der Waals surface area contributed by atoms with Crippen LogP contribution in [0, 0.1) is 11.6 Å². The van der Waals surface area contributed by atoms with Crippen molar-refractivity contribution in [3.8, 4) is 0 Å². The maximum Gasteiger partial charge on any atom is 0.338 e. The van der Waals surface area contributed by atoms with Crippen LogP contribution in [0.15, 0.2) is 52.3 Å². The fraction of sp³-hybridized carbons (Fsp3) is 0.300. The summed E-state index contributed by atoms with van der Waals surface area (Å²) in [4.78, 5) is 24.7. The third-order valence-corrected chi connectivity index (χ3v) is 4.51. The average Bonchev–Trinajstić information content (AvgIpc) is 3.22. The molecule has 29 heavy (non-hydrogen) atoms. The molecule has 1 aliphatic heterocycles. The molecule has 1 aromatic carbocycles. The van der Waals surface area contributed by atoms with Gasteiger partial charge in [0, 0.05) is 18.3 Å². The highest BCUT2D eigenvalue weighted by Crippen LogP contribution is 2.28. The van der Waals surface area contributed by atoms with E-state index in [0.717, 1.165) is 12.1 Å². The topological polar surface area (TPSA) is 92.6 Å². The van der Waals surface area contributed by atoms with Gasteiger partial charge in [0.2, 0.25) is 0 Å². The summed E-state index contributed by atoms with van der Waals surface area (Å²) in [6, 6.07) is 5.20. The van der Waals surface area contributed by atoms with Crippen LogP contribution in [0.3, 0.4) is 0 Å². The molecule has 0 saturated heterocycles. The number of furan rings is 1. The first-order valence-corrected chi connectivity index (χ1v) is 9.10. The SMILES string of the molecule is CCOC(=O)C1=C(CN[C@H](C)c2ccc(F)c(F)c2)NC(=O)N[C@@H]1c1ccco1. The smallest absolute Gasteiger partial charge is 0.338 e. The number of amides is 2. The quantitative estimate of drug-likeness (QED) is 0.616. The number of carbonyl (C=O) groups excluding carboxylic acids is 2. The van der Waals surface area contributed by atoms with Crippen LogP contribution in [0.4, 0.5) is 13.6 Å². The predicted octanol–water partition coefficient (Wildman–Crippen LogP) is 3.08. The number of nitrogens with one attached hydrogen (secondary N) is 3. The predicted molar refractivity (Wildman–Crippen MR) is 99.6 cm³/mol. The summed E-state index contributed by atoms with van der Waals surface area (Å²) in [5.74, 6) is -2.09. The first-order valence-electron chi connectivity index (χ1n) is 9.10. The number of hydrogen-bond donors (Lipinski definition) is 3. The van der Waals surface area contributed by atoms with Crippen LogP contribution in [0.5, 0.6) is 0 Å². The zero-order valence-electron chi connectivity index (χ0n) is 15.9. The van der Waals surface area contributed by atoms with Gasteiger partial charge in [-0.3, -0.25) is 0 Å². The second-order valence-corrected chi connectivity index (χ2v) is 6.44. The van der Waals surface area contributed by atoms with Gasteiger partial charge in [-0.2, -0.15) is 0 Å². The number of esters is 1. The van der Waals surface area contributed by atoms with Crippen LogP contribution >= 0.6 is 0 Å². The molecule has 0 fully saturated rings. The summed E-state index contributed by atoms with van der Waals surface area (Å²) in [6.07, 6.45) is 1.44. The van der Waals surface area contributed by atoms with E-state index in [9.17, 15) is 18.4 Å². The Balaban J connectivity index is 1.87. The second-order valence-electron chi connectivity index (χ2n) is 6.44. The second kappa shape index (κ2) is 8.87. The van der Waals surface area contributed by atoms with E-state index in [-0.39, 0.29) is 24.8 Å². The van der Waals surface area contributed by atoms with Gasteiger partial charge in [0.05, 0.1) is 18.4 Å². The maximum atomic E-state index is 13.5. The average molecular weight is 405 g/mol. The highest BCUT2D eigenvalue weighted by molar-refractivity contribution is 5.95. The summed E-state index contributed by atoms with van der Waals surface area (Å²) in [6.45, 7) is 3.68. The summed E-state index contributed by atoms with van der Waals surface area (Å²) in [5, 5.41) is 8.37. The minimum Gasteiger partial charge on any atom is -0.467 e. The molecule has 2 amide bonds. The molecule has 0 unspecified atom stereocenters. The third kappa shape index (κ3) is 4.62. The zero-order valence-corrected chi connectivity index (χ0v) is 15.9. The van der Waals surface area contributed by atoms with Gasteiger partial charge in [0.25, 0.3) is 0 Å². The molecular weight excluding hydrogens is 384 g/mol. The number of hydrogen-bond acceptors (Lipinski definition) is 5. The molecule has 0 spiro atoms. The van der Waals surface area contributed by atoms with E-state index >= 15 is 0 Å². The Bertz CT molecular complexity index is 928. The zero-order chi connectivity index (χ0) is 21.0. The standard InChI is InChI=1S/C20H21F2N3O4/c1-3-28-19(26)17-15(24-20(27)25-18(17)16-5-4-8-29-16)10-23-11(2)12-6-7-13(21)14(22)9-12/h4-9,11,18,23H,3,10H2,1-2H3,(H2,24,25,27)/t11-,18-/m1/s1. The van der Waals surface area contributed by atoms with Crippen LogP contribution in [0.1, 0.15) is 37.3 Å². The highest BCUT2D eigenvalue weighted by Gasteiger charge is 2.35. The van der Waals surface area contributed by atoms with E-state index in [2.05, 4.69) is 16.0 Å². The van der Waals surface area contributed by atoms with Gasteiger partial charge in [-0.25, -0.2) is 18.4 Å². The molecular formula is C20H21F2N3O4. The minimum atomic E-state index is -0.948. The van der Waals surface area contributed by atoms with Crippen LogP contribution in [0.25, 0.3) is 0 Å². The van der Waals surface area contributed by atoms with Crippen molar-refractivity contribution in [3.05, 3.63) is 70.8 Å². The molecule has 7 nitrogen and oxygen atoms in total. The van der Waals surface area contributed by atoms with Crippen LogP contribution in [-0.2, 0) is 9.53 Å². The van der Waals surface area contributed by atoms with E-state index in [1.807, 2.05) is 0 Å². The number of benzene rings is 1. The van der Waals surface area contributed by atoms with Gasteiger partial charge in [-0.1, -0.05) is 6.07 Å². The molecule has 1 aliphatic rings. The Morgan fingerprint density at radius 1 is 1.31 bits per heavy atom. The third-order valence-electron chi connectivity index (χ3n) is 4.51. The van der Waals surface area contributed by atoms with E-state index in [0.29, 0.717) is 17.0 Å². The maximum absolute atomic E-state index is 13.5. The first-order chi connectivity index (χ1) is 13.9. The Hall–Kier alpha value is -3.20. The van der Waals surface area contributed by atoms with Gasteiger partial charge in [-0.15, -0.1) is 0 Å². The molecule has 1 aromatic heterocycles. The molecule has 0 radical (unpaired) electrons. The Labute approximate surface area is 166 Å². The van der Waals surface area contributed by atoms with Crippen LogP contribution in [0.2, 0.25) is 0 Å². The Morgan fingerprint density at radius 2 is 2.10 bits per heavy atom. The molecule has 2 aromatic rings. The van der Waals surface area contributed by atoms with Crippen molar-refractivity contribution >= 4 is 12.0 Å². The molecule has 9 heteroatoms. The largest absolute Gasteiger partial charge is 0.467 e. The molecule has 0 bridgehead atoms. The van der Waals surface area contributed by atoms with Crippen molar-refractivity contribution in [1.82, 2.24) is 16.0 Å². The lowest BCUT2D eigenvalue weighted by molar-refractivity contribution is -0.139. The van der Waals surface area contributed by atoms with Gasteiger partial charge < -0.3 is 25.1 Å². The molecule has 0 aliphatic carbocycles. The number of ether oxygens (including phenoxy) is 1. The number of urea groups is 1. The van der Waals surface area contributed by atoms with Crippen molar-refractivity contribution in [2.24, 2.45) is 0 Å². The summed E-state index contributed by atoms with van der Waals surface area (Å²) < 4.78 is 37.2.